The number of nitrogens with one attached hydrogen (secondary N) is 1. The number of amides is 1. The minimum Gasteiger partial charge on any atom is -0.495 e. The number of nitrogen functional groups attached to an aromatic ring is 1. The molecule has 1 aliphatic carbocycles. The number of nitrogens with zero attached hydrogens (tertiary/aromatic N) is 2. The minimum atomic E-state index is 0.117. The number of hydrogen-bond acceptors (Lipinski definition) is 6. The fourth-order valence-electron chi connectivity index (χ4n) is 6.25. The van der Waals surface area contributed by atoms with Crippen LogP contribution in [0.15, 0.2) is 60.9 Å². The number of unbranched alkanes of at least 4 members (excludes halogenated alkanes) is 7. The number of hydrogen-bond donors (Lipinski definition) is 2. The van der Waals surface area contributed by atoms with Gasteiger partial charge in [-0.05, 0) is 73.7 Å². The molecule has 230 valence electrons. The highest BCUT2D eigenvalue weighted by Gasteiger charge is 2.33. The second-order valence-electron chi connectivity index (χ2n) is 11.5. The summed E-state index contributed by atoms with van der Waals surface area (Å²) in [7, 11) is 3.25. The lowest BCUT2D eigenvalue weighted by atomic mass is 9.89. The molecule has 1 fully saturated rings. The van der Waals surface area contributed by atoms with Gasteiger partial charge in [-0.3, -0.25) is 14.8 Å². The van der Waals surface area contributed by atoms with Crippen molar-refractivity contribution in [2.75, 3.05) is 25.3 Å². The zero-order valence-corrected chi connectivity index (χ0v) is 26.1. The first kappa shape index (κ1) is 32.1. The molecule has 1 saturated carbocycles. The highest BCUT2D eigenvalue weighted by Crippen LogP contribution is 2.38. The number of carbonyl (C=O) groups excluding carboxylic acids is 1. The molecule has 1 amide bonds. The highest BCUT2D eigenvalue weighted by molar-refractivity contribution is 6.04. The Balaban J connectivity index is 0.000000269. The van der Waals surface area contributed by atoms with Gasteiger partial charge < -0.3 is 20.5 Å². The maximum atomic E-state index is 13.2. The summed E-state index contributed by atoms with van der Waals surface area (Å²) in [5.74, 6) is 2.17. The van der Waals surface area contributed by atoms with Crippen LogP contribution in [-0.2, 0) is 4.79 Å². The van der Waals surface area contributed by atoms with Gasteiger partial charge >= 0.3 is 0 Å². The van der Waals surface area contributed by atoms with Gasteiger partial charge in [-0.2, -0.15) is 0 Å². The van der Waals surface area contributed by atoms with Crippen LogP contribution in [0.4, 0.5) is 11.4 Å². The third-order valence-electron chi connectivity index (χ3n) is 8.65. The van der Waals surface area contributed by atoms with Crippen molar-refractivity contribution in [3.05, 3.63) is 60.9 Å². The molecule has 0 radical (unpaired) electrons. The Morgan fingerprint density at radius 2 is 1.42 bits per heavy atom. The molecule has 2 heterocycles. The lowest BCUT2D eigenvalue weighted by molar-refractivity contribution is -0.120. The molecule has 5 rings (SSSR count). The van der Waals surface area contributed by atoms with E-state index in [9.17, 15) is 4.79 Å². The van der Waals surface area contributed by atoms with E-state index in [0.717, 1.165) is 40.3 Å². The van der Waals surface area contributed by atoms with Gasteiger partial charge in [0, 0.05) is 29.1 Å². The third-order valence-corrected chi connectivity index (χ3v) is 8.65. The Labute approximate surface area is 256 Å². The summed E-state index contributed by atoms with van der Waals surface area (Å²) in [6.45, 7) is 2.27. The van der Waals surface area contributed by atoms with E-state index in [2.05, 4.69) is 22.2 Å². The monoisotopic (exact) mass is 584 g/mol. The molecule has 2 unspecified atom stereocenters. The molecule has 1 aliphatic rings. The Kier molecular flexibility index (Phi) is 12.4. The predicted molar refractivity (Wildman–Crippen MR) is 178 cm³/mol. The third kappa shape index (κ3) is 8.59. The fourth-order valence-corrected chi connectivity index (χ4v) is 6.25. The lowest BCUT2D eigenvalue weighted by Gasteiger charge is -2.20. The number of methoxy groups -OCH3 is 2. The first-order valence-electron chi connectivity index (χ1n) is 16.0. The van der Waals surface area contributed by atoms with Gasteiger partial charge in [0.1, 0.15) is 11.5 Å². The Hall–Kier alpha value is -3.87. The van der Waals surface area contributed by atoms with Gasteiger partial charge in [0.25, 0.3) is 0 Å². The van der Waals surface area contributed by atoms with E-state index in [1.54, 1.807) is 26.6 Å². The van der Waals surface area contributed by atoms with Gasteiger partial charge in [0.05, 0.1) is 36.6 Å². The molecule has 0 saturated heterocycles. The fraction of sp³-hybridized carbons (Fsp3) is 0.472. The van der Waals surface area contributed by atoms with Crippen LogP contribution in [0.5, 0.6) is 11.5 Å². The van der Waals surface area contributed by atoms with E-state index >= 15 is 0 Å². The number of carbonyl (C=O) groups is 1. The standard InChI is InChI=1S/C26H38N2O2.C10H10N2O/c1-3-4-5-6-7-8-9-10-13-20-14-11-15-21(20)26(29)28-25-22-16-12-19-27-23(22)17-18-24(25)30-2;1-13-9-5-4-8-7(10(9)11)3-2-6-12-8/h12,16-21H,3-11,13-15H2,1-2H3,(H,28,29);2-6H,11H2,1H3. The molecule has 4 aromatic rings. The van der Waals surface area contributed by atoms with Crippen LogP contribution in [0.3, 0.4) is 0 Å². The van der Waals surface area contributed by atoms with E-state index in [4.69, 9.17) is 15.2 Å². The smallest absolute Gasteiger partial charge is 0.227 e. The van der Waals surface area contributed by atoms with Gasteiger partial charge in [0.15, 0.2) is 0 Å². The average molecular weight is 585 g/mol. The summed E-state index contributed by atoms with van der Waals surface area (Å²) in [6, 6.07) is 15.2. The van der Waals surface area contributed by atoms with E-state index in [-0.39, 0.29) is 11.8 Å². The second kappa shape index (κ2) is 16.7. The average Bonchev–Trinajstić information content (AvgIpc) is 3.52. The summed E-state index contributed by atoms with van der Waals surface area (Å²) in [5.41, 5.74) is 9.03. The van der Waals surface area contributed by atoms with Gasteiger partial charge in [-0.25, -0.2) is 0 Å². The van der Waals surface area contributed by atoms with Crippen molar-refractivity contribution >= 4 is 39.1 Å². The molecular formula is C36H48N4O3. The molecule has 7 heteroatoms. The van der Waals surface area contributed by atoms with Crippen LogP contribution in [-0.4, -0.2) is 30.1 Å². The summed E-state index contributed by atoms with van der Waals surface area (Å²) in [4.78, 5) is 21.8. The van der Waals surface area contributed by atoms with E-state index < -0.39 is 0 Å². The van der Waals surface area contributed by atoms with Gasteiger partial charge in [0.2, 0.25) is 5.91 Å². The van der Waals surface area contributed by atoms with E-state index in [1.807, 2.05) is 48.5 Å². The number of pyridine rings is 2. The van der Waals surface area contributed by atoms with Crippen molar-refractivity contribution in [2.45, 2.75) is 84.0 Å². The van der Waals surface area contributed by atoms with Crippen molar-refractivity contribution in [1.29, 1.82) is 0 Å². The Morgan fingerprint density at radius 1 is 0.814 bits per heavy atom. The van der Waals surface area contributed by atoms with Crippen molar-refractivity contribution in [1.82, 2.24) is 9.97 Å². The number of benzene rings is 2. The molecule has 0 bridgehead atoms. The van der Waals surface area contributed by atoms with Crippen molar-refractivity contribution in [3.63, 3.8) is 0 Å². The minimum absolute atomic E-state index is 0.117. The normalized spacial score (nSPS) is 16.1. The molecule has 0 aliphatic heterocycles. The Bertz CT molecular complexity index is 1460. The number of anilines is 2. The lowest BCUT2D eigenvalue weighted by Crippen LogP contribution is -2.26. The molecule has 43 heavy (non-hydrogen) atoms. The molecule has 2 aromatic heterocycles. The number of nitrogens with two attached hydrogens (primary N) is 1. The largest absolute Gasteiger partial charge is 0.495 e. The zero-order valence-electron chi connectivity index (χ0n) is 26.1. The van der Waals surface area contributed by atoms with Crippen LogP contribution in [0, 0.1) is 11.8 Å². The van der Waals surface area contributed by atoms with E-state index in [0.29, 0.717) is 23.1 Å². The summed E-state index contributed by atoms with van der Waals surface area (Å²) in [6.07, 6.45) is 18.8. The van der Waals surface area contributed by atoms with E-state index in [1.165, 1.54) is 64.2 Å². The van der Waals surface area contributed by atoms with Crippen LogP contribution in [0.25, 0.3) is 21.8 Å². The van der Waals surface area contributed by atoms with Crippen molar-refractivity contribution in [3.8, 4) is 11.5 Å². The van der Waals surface area contributed by atoms with Gasteiger partial charge in [-0.15, -0.1) is 0 Å². The second-order valence-corrected chi connectivity index (χ2v) is 11.5. The van der Waals surface area contributed by atoms with Crippen LogP contribution < -0.4 is 20.5 Å². The topological polar surface area (TPSA) is 99.4 Å². The number of fused-ring (bicyclic) bond motifs is 2. The zero-order chi connectivity index (χ0) is 30.4. The predicted octanol–water partition coefficient (Wildman–Crippen LogP) is 8.95. The summed E-state index contributed by atoms with van der Waals surface area (Å²) >= 11 is 0. The SMILES string of the molecule is CCCCCCCCCCC1CCCC1C(=O)Nc1c(OC)ccc2ncccc12.COc1ccc2ncccc2c1N. The highest BCUT2D eigenvalue weighted by atomic mass is 16.5. The number of aromatic nitrogens is 2. The van der Waals surface area contributed by atoms with Crippen LogP contribution in [0.2, 0.25) is 0 Å². The van der Waals surface area contributed by atoms with Crippen molar-refractivity contribution < 1.29 is 14.3 Å². The maximum Gasteiger partial charge on any atom is 0.227 e. The Morgan fingerprint density at radius 3 is 2.09 bits per heavy atom. The molecular weight excluding hydrogens is 536 g/mol. The first-order valence-corrected chi connectivity index (χ1v) is 16.0. The summed E-state index contributed by atoms with van der Waals surface area (Å²) in [5, 5.41) is 5.07. The molecule has 0 spiro atoms. The number of ether oxygens (including phenoxy) is 2. The maximum absolute atomic E-state index is 13.2. The van der Waals surface area contributed by atoms with Crippen molar-refractivity contribution in [2.24, 2.45) is 11.8 Å². The van der Waals surface area contributed by atoms with Crippen LogP contribution in [0.1, 0.15) is 84.0 Å². The summed E-state index contributed by atoms with van der Waals surface area (Å²) < 4.78 is 10.6. The molecule has 2 atom stereocenters. The quantitative estimate of drug-likeness (QED) is 0.120. The first-order chi connectivity index (χ1) is 21.1. The van der Waals surface area contributed by atoms with Gasteiger partial charge in [-0.1, -0.05) is 64.7 Å². The van der Waals surface area contributed by atoms with Crippen LogP contribution >= 0.6 is 0 Å². The molecule has 3 N–H and O–H groups in total. The number of rotatable bonds is 13. The molecule has 2 aromatic carbocycles. The molecule has 7 nitrogen and oxygen atoms in total.